The number of amides is 2. The van der Waals surface area contributed by atoms with Gasteiger partial charge < -0.3 is 10.2 Å². The minimum Gasteiger partial charge on any atom is -0.350 e. The number of carbonyl (C=O) groups excluding carboxylic acids is 2. The summed E-state index contributed by atoms with van der Waals surface area (Å²) in [5.41, 5.74) is 0.854. The molecule has 1 atom stereocenters. The first-order valence-electron chi connectivity index (χ1n) is 9.84. The fraction of sp³-hybridized carbons (Fsp3) is 0.391. The Balaban J connectivity index is 2.12. The van der Waals surface area contributed by atoms with Crippen LogP contribution in [0.2, 0.25) is 10.0 Å². The first-order valence-corrected chi connectivity index (χ1v) is 11.8. The van der Waals surface area contributed by atoms with Crippen LogP contribution in [0.1, 0.15) is 38.8 Å². The summed E-state index contributed by atoms with van der Waals surface area (Å²) in [6.45, 7) is 7.27. The lowest BCUT2D eigenvalue weighted by molar-refractivity contribution is -0.139. The van der Waals surface area contributed by atoms with Gasteiger partial charge in [0, 0.05) is 23.4 Å². The van der Waals surface area contributed by atoms with Crippen LogP contribution in [-0.2, 0) is 21.9 Å². The van der Waals surface area contributed by atoms with Crippen LogP contribution in [0, 0.1) is 5.82 Å². The summed E-state index contributed by atoms with van der Waals surface area (Å²) >= 11 is 13.4. The molecule has 0 aliphatic heterocycles. The molecule has 0 aromatic heterocycles. The van der Waals surface area contributed by atoms with E-state index in [9.17, 15) is 14.0 Å². The van der Waals surface area contributed by atoms with E-state index in [0.717, 1.165) is 5.56 Å². The average Bonchev–Trinajstić information content (AvgIpc) is 2.68. The number of nitrogens with one attached hydrogen (secondary N) is 1. The van der Waals surface area contributed by atoms with E-state index in [0.29, 0.717) is 21.4 Å². The lowest BCUT2D eigenvalue weighted by Crippen LogP contribution is -2.52. The molecule has 0 radical (unpaired) electrons. The Labute approximate surface area is 197 Å². The molecule has 31 heavy (non-hydrogen) atoms. The zero-order chi connectivity index (χ0) is 23.2. The topological polar surface area (TPSA) is 49.4 Å². The number of halogens is 3. The second kappa shape index (κ2) is 11.2. The summed E-state index contributed by atoms with van der Waals surface area (Å²) < 4.78 is 14.2. The molecule has 0 unspecified atom stereocenters. The van der Waals surface area contributed by atoms with Gasteiger partial charge >= 0.3 is 0 Å². The highest BCUT2D eigenvalue weighted by Crippen LogP contribution is 2.25. The normalized spacial score (nSPS) is 12.4. The molecule has 0 aliphatic carbocycles. The zero-order valence-electron chi connectivity index (χ0n) is 18.0. The molecule has 2 rings (SSSR count). The van der Waals surface area contributed by atoms with Crippen LogP contribution in [0.15, 0.2) is 42.5 Å². The maximum atomic E-state index is 14.2. The van der Waals surface area contributed by atoms with Crippen molar-refractivity contribution in [2.24, 2.45) is 0 Å². The van der Waals surface area contributed by atoms with E-state index < -0.39 is 17.4 Å². The molecule has 0 heterocycles. The number of rotatable bonds is 8. The van der Waals surface area contributed by atoms with Gasteiger partial charge in [-0.1, -0.05) is 47.5 Å². The molecule has 4 nitrogen and oxygen atoms in total. The largest absolute Gasteiger partial charge is 0.350 e. The Bertz CT molecular complexity index is 934. The van der Waals surface area contributed by atoms with Crippen LogP contribution in [0.4, 0.5) is 4.39 Å². The molecule has 0 fully saturated rings. The second-order valence-electron chi connectivity index (χ2n) is 8.27. The van der Waals surface area contributed by atoms with E-state index in [-0.39, 0.29) is 24.1 Å². The van der Waals surface area contributed by atoms with Crippen LogP contribution in [-0.4, -0.2) is 34.0 Å². The van der Waals surface area contributed by atoms with E-state index in [1.54, 1.807) is 37.3 Å². The fourth-order valence-corrected chi connectivity index (χ4v) is 4.01. The summed E-state index contributed by atoms with van der Waals surface area (Å²) in [5, 5.41) is 3.82. The van der Waals surface area contributed by atoms with Gasteiger partial charge in [0.05, 0.1) is 15.8 Å². The van der Waals surface area contributed by atoms with Gasteiger partial charge in [-0.05, 0) is 51.5 Å². The van der Waals surface area contributed by atoms with Gasteiger partial charge in [-0.2, -0.15) is 0 Å². The van der Waals surface area contributed by atoms with Crippen molar-refractivity contribution in [1.29, 1.82) is 0 Å². The summed E-state index contributed by atoms with van der Waals surface area (Å²) in [6, 6.07) is 10.8. The molecule has 1 N–H and O–H groups in total. The quantitative estimate of drug-likeness (QED) is 0.522. The predicted molar refractivity (Wildman–Crippen MR) is 127 cm³/mol. The van der Waals surface area contributed by atoms with Gasteiger partial charge in [-0.25, -0.2) is 4.39 Å². The Hall–Kier alpha value is -1.76. The molecule has 0 spiro atoms. The maximum Gasteiger partial charge on any atom is 0.242 e. The van der Waals surface area contributed by atoms with E-state index in [1.165, 1.54) is 22.7 Å². The minimum absolute atomic E-state index is 0.0115. The average molecular weight is 485 g/mol. The molecule has 0 saturated heterocycles. The number of nitrogens with zero attached hydrogens (tertiary/aromatic N) is 1. The molecule has 0 aliphatic rings. The molecule has 0 bridgehead atoms. The van der Waals surface area contributed by atoms with Gasteiger partial charge in [-0.3, -0.25) is 9.59 Å². The van der Waals surface area contributed by atoms with E-state index >= 15 is 0 Å². The lowest BCUT2D eigenvalue weighted by atomic mass is 10.1. The zero-order valence-corrected chi connectivity index (χ0v) is 20.4. The van der Waals surface area contributed by atoms with Crippen LogP contribution in [0.3, 0.4) is 0 Å². The first-order chi connectivity index (χ1) is 14.5. The Morgan fingerprint density at radius 2 is 1.81 bits per heavy atom. The van der Waals surface area contributed by atoms with Gasteiger partial charge in [0.2, 0.25) is 11.8 Å². The molecular weight excluding hydrogens is 458 g/mol. The van der Waals surface area contributed by atoms with Gasteiger partial charge in [0.1, 0.15) is 11.9 Å². The van der Waals surface area contributed by atoms with E-state index in [2.05, 4.69) is 5.32 Å². The highest BCUT2D eigenvalue weighted by Gasteiger charge is 2.28. The molecular formula is C23H27Cl2FN2O2S. The van der Waals surface area contributed by atoms with Crippen molar-refractivity contribution in [1.82, 2.24) is 10.2 Å². The summed E-state index contributed by atoms with van der Waals surface area (Å²) in [6.07, 6.45) is 0. The fourth-order valence-electron chi connectivity index (χ4n) is 2.84. The number of carbonyl (C=O) groups is 2. The number of hydrogen-bond acceptors (Lipinski definition) is 3. The molecule has 2 aromatic carbocycles. The van der Waals surface area contributed by atoms with Crippen molar-refractivity contribution in [2.45, 2.75) is 51.6 Å². The predicted octanol–water partition coefficient (Wildman–Crippen LogP) is 5.70. The van der Waals surface area contributed by atoms with Crippen LogP contribution < -0.4 is 5.32 Å². The third-order valence-corrected chi connectivity index (χ3v) is 6.17. The van der Waals surface area contributed by atoms with Crippen molar-refractivity contribution < 1.29 is 14.0 Å². The van der Waals surface area contributed by atoms with Gasteiger partial charge in [0.25, 0.3) is 0 Å². The number of hydrogen-bond donors (Lipinski definition) is 1. The van der Waals surface area contributed by atoms with Crippen molar-refractivity contribution in [3.8, 4) is 0 Å². The van der Waals surface area contributed by atoms with E-state index in [1.807, 2.05) is 26.8 Å². The summed E-state index contributed by atoms with van der Waals surface area (Å²) in [7, 11) is 0. The molecule has 168 valence electrons. The van der Waals surface area contributed by atoms with Crippen molar-refractivity contribution in [2.75, 3.05) is 5.75 Å². The van der Waals surface area contributed by atoms with Crippen molar-refractivity contribution in [3.63, 3.8) is 0 Å². The van der Waals surface area contributed by atoms with Crippen molar-refractivity contribution >= 4 is 46.8 Å². The number of benzene rings is 2. The molecule has 2 aromatic rings. The van der Waals surface area contributed by atoms with Gasteiger partial charge in [-0.15, -0.1) is 11.8 Å². The monoisotopic (exact) mass is 484 g/mol. The lowest BCUT2D eigenvalue weighted by Gasteiger charge is -2.31. The highest BCUT2D eigenvalue weighted by atomic mass is 35.5. The Morgan fingerprint density at radius 1 is 1.13 bits per heavy atom. The SMILES string of the molecule is C[C@@H](C(=O)NC(C)(C)C)N(Cc1ccccc1F)C(=O)CSCc1ccc(Cl)c(Cl)c1. The standard InChI is InChI=1S/C23H27Cl2FN2O2S/c1-15(22(30)27-23(2,3)4)28(12-17-7-5-6-8-20(17)26)21(29)14-31-13-16-9-10-18(24)19(25)11-16/h5-11,15H,12-14H2,1-4H3,(H,27,30)/t15-/m0/s1. The highest BCUT2D eigenvalue weighted by molar-refractivity contribution is 7.99. The third kappa shape index (κ3) is 8.02. The van der Waals surface area contributed by atoms with Crippen LogP contribution in [0.25, 0.3) is 0 Å². The first kappa shape index (κ1) is 25.5. The summed E-state index contributed by atoms with van der Waals surface area (Å²) in [4.78, 5) is 27.2. The molecule has 0 saturated carbocycles. The van der Waals surface area contributed by atoms with Crippen LogP contribution >= 0.6 is 35.0 Å². The maximum absolute atomic E-state index is 14.2. The van der Waals surface area contributed by atoms with E-state index in [4.69, 9.17) is 23.2 Å². The third-order valence-electron chi connectivity index (χ3n) is 4.44. The Kier molecular flexibility index (Phi) is 9.22. The molecule has 8 heteroatoms. The number of thioether (sulfide) groups is 1. The van der Waals surface area contributed by atoms with Gasteiger partial charge in [0.15, 0.2) is 0 Å². The Morgan fingerprint density at radius 3 is 2.42 bits per heavy atom. The van der Waals surface area contributed by atoms with Crippen LogP contribution in [0.5, 0.6) is 0 Å². The summed E-state index contributed by atoms with van der Waals surface area (Å²) in [5.74, 6) is -0.246. The second-order valence-corrected chi connectivity index (χ2v) is 10.1. The minimum atomic E-state index is -0.753. The van der Waals surface area contributed by atoms with Crippen molar-refractivity contribution in [3.05, 3.63) is 69.5 Å². The molecule has 2 amide bonds. The smallest absolute Gasteiger partial charge is 0.242 e.